The van der Waals surface area contributed by atoms with Crippen LogP contribution in [0.15, 0.2) is 42.5 Å². The van der Waals surface area contributed by atoms with Gasteiger partial charge in [0.2, 0.25) is 0 Å². The minimum Gasteiger partial charge on any atom is -0.492 e. The van der Waals surface area contributed by atoms with E-state index in [2.05, 4.69) is 0 Å². The third kappa shape index (κ3) is 5.00. The Morgan fingerprint density at radius 3 is 2.09 bits per heavy atom. The quantitative estimate of drug-likeness (QED) is 0.615. The highest BCUT2D eigenvalue weighted by Gasteiger charge is 2.04. The van der Waals surface area contributed by atoms with Gasteiger partial charge in [0.05, 0.1) is 24.8 Å². The molecule has 0 N–H and O–H groups in total. The molecule has 22 heavy (non-hydrogen) atoms. The summed E-state index contributed by atoms with van der Waals surface area (Å²) in [7, 11) is 0. The lowest BCUT2D eigenvalue weighted by Gasteiger charge is -2.12. The fourth-order valence-corrected chi connectivity index (χ4v) is 2.32. The molecule has 0 fully saturated rings. The molecule has 0 spiro atoms. The maximum absolute atomic E-state index is 6.04. The largest absolute Gasteiger partial charge is 0.492 e. The molecule has 2 aromatic rings. The van der Waals surface area contributed by atoms with Crippen molar-refractivity contribution in [1.82, 2.24) is 0 Å². The Kier molecular flexibility index (Phi) is 6.69. The first-order valence-corrected chi connectivity index (χ1v) is 7.88. The van der Waals surface area contributed by atoms with Gasteiger partial charge in [0.15, 0.2) is 11.5 Å². The van der Waals surface area contributed by atoms with Crippen LogP contribution in [0.25, 0.3) is 0 Å². The molecule has 5 heteroatoms. The molecule has 0 aliphatic rings. The number of halogens is 2. The molecule has 0 saturated heterocycles. The van der Waals surface area contributed by atoms with Gasteiger partial charge in [-0.2, -0.15) is 0 Å². The van der Waals surface area contributed by atoms with Gasteiger partial charge in [-0.25, -0.2) is 0 Å². The predicted octanol–water partition coefficient (Wildman–Crippen LogP) is 5.24. The SMILES string of the molecule is CCOc1ccccc1OCCCOc1ccc(Cl)cc1Cl. The Morgan fingerprint density at radius 2 is 1.45 bits per heavy atom. The van der Waals surface area contributed by atoms with Crippen LogP contribution in [0, 0.1) is 0 Å². The molecular formula is C17H18Cl2O3. The van der Waals surface area contributed by atoms with Crippen molar-refractivity contribution in [2.24, 2.45) is 0 Å². The number of hydrogen-bond acceptors (Lipinski definition) is 3. The van der Waals surface area contributed by atoms with E-state index >= 15 is 0 Å². The molecule has 3 nitrogen and oxygen atoms in total. The van der Waals surface area contributed by atoms with Gasteiger partial charge in [0.1, 0.15) is 5.75 Å². The summed E-state index contributed by atoms with van der Waals surface area (Å²) in [6.07, 6.45) is 0.736. The Bertz CT molecular complexity index is 602. The Balaban J connectivity index is 1.75. The molecule has 0 amide bonds. The normalized spacial score (nSPS) is 10.3. The predicted molar refractivity (Wildman–Crippen MR) is 89.7 cm³/mol. The second-order valence-corrected chi connectivity index (χ2v) is 5.35. The average molecular weight is 341 g/mol. The highest BCUT2D eigenvalue weighted by atomic mass is 35.5. The van der Waals surface area contributed by atoms with Crippen molar-refractivity contribution in [3.63, 3.8) is 0 Å². The second-order valence-electron chi connectivity index (χ2n) is 4.50. The molecule has 0 aromatic heterocycles. The first-order chi connectivity index (χ1) is 10.7. The van der Waals surface area contributed by atoms with E-state index < -0.39 is 0 Å². The summed E-state index contributed by atoms with van der Waals surface area (Å²) in [6, 6.07) is 12.8. The lowest BCUT2D eigenvalue weighted by atomic mass is 10.3. The summed E-state index contributed by atoms with van der Waals surface area (Å²) in [5.74, 6) is 2.13. The van der Waals surface area contributed by atoms with Crippen LogP contribution in [-0.4, -0.2) is 19.8 Å². The summed E-state index contributed by atoms with van der Waals surface area (Å²) < 4.78 is 16.8. The van der Waals surface area contributed by atoms with Gasteiger partial charge in [-0.15, -0.1) is 0 Å². The third-order valence-electron chi connectivity index (χ3n) is 2.85. The molecule has 0 heterocycles. The fourth-order valence-electron chi connectivity index (χ4n) is 1.86. The molecule has 0 aliphatic carbocycles. The van der Waals surface area contributed by atoms with E-state index in [9.17, 15) is 0 Å². The molecule has 0 bridgehead atoms. The zero-order valence-electron chi connectivity index (χ0n) is 12.4. The molecule has 2 rings (SSSR count). The van der Waals surface area contributed by atoms with Crippen molar-refractivity contribution in [2.45, 2.75) is 13.3 Å². The third-order valence-corrected chi connectivity index (χ3v) is 3.38. The topological polar surface area (TPSA) is 27.7 Å². The van der Waals surface area contributed by atoms with Gasteiger partial charge in [-0.05, 0) is 37.3 Å². The molecule has 0 atom stereocenters. The van der Waals surface area contributed by atoms with Crippen molar-refractivity contribution >= 4 is 23.2 Å². The van der Waals surface area contributed by atoms with Crippen LogP contribution in [-0.2, 0) is 0 Å². The van der Waals surface area contributed by atoms with Gasteiger partial charge in [0, 0.05) is 11.4 Å². The standard InChI is InChI=1S/C17H18Cl2O3/c1-2-20-16-6-3-4-7-17(16)22-11-5-10-21-15-9-8-13(18)12-14(15)19/h3-4,6-9,12H,2,5,10-11H2,1H3. The lowest BCUT2D eigenvalue weighted by Crippen LogP contribution is -2.06. The highest BCUT2D eigenvalue weighted by molar-refractivity contribution is 6.35. The number of rotatable bonds is 8. The lowest BCUT2D eigenvalue weighted by molar-refractivity contribution is 0.236. The molecule has 0 unspecified atom stereocenters. The summed E-state index contributed by atoms with van der Waals surface area (Å²) in [5, 5.41) is 1.10. The van der Waals surface area contributed by atoms with Crippen LogP contribution >= 0.6 is 23.2 Å². The number of benzene rings is 2. The van der Waals surface area contributed by atoms with Crippen molar-refractivity contribution in [1.29, 1.82) is 0 Å². The minimum absolute atomic E-state index is 0.509. The average Bonchev–Trinajstić information content (AvgIpc) is 2.51. The van der Waals surface area contributed by atoms with Gasteiger partial charge < -0.3 is 14.2 Å². The molecule has 118 valence electrons. The maximum Gasteiger partial charge on any atom is 0.161 e. The van der Waals surface area contributed by atoms with Gasteiger partial charge in [0.25, 0.3) is 0 Å². The Labute approximate surface area is 140 Å². The minimum atomic E-state index is 0.509. The van der Waals surface area contributed by atoms with E-state index in [0.29, 0.717) is 35.6 Å². The highest BCUT2D eigenvalue weighted by Crippen LogP contribution is 2.28. The first kappa shape index (κ1) is 16.8. The van der Waals surface area contributed by atoms with Gasteiger partial charge in [-0.1, -0.05) is 35.3 Å². The van der Waals surface area contributed by atoms with E-state index in [1.54, 1.807) is 18.2 Å². The molecule has 0 saturated carbocycles. The van der Waals surface area contributed by atoms with Crippen LogP contribution in [0.4, 0.5) is 0 Å². The van der Waals surface area contributed by atoms with Crippen molar-refractivity contribution in [3.05, 3.63) is 52.5 Å². The van der Waals surface area contributed by atoms with E-state index in [1.807, 2.05) is 31.2 Å². The summed E-state index contributed by atoms with van der Waals surface area (Å²) >= 11 is 11.9. The monoisotopic (exact) mass is 340 g/mol. The number of para-hydroxylation sites is 2. The van der Waals surface area contributed by atoms with Crippen LogP contribution < -0.4 is 14.2 Å². The fraction of sp³-hybridized carbons (Fsp3) is 0.294. The Hall–Kier alpha value is -1.58. The molecule has 0 aliphatic heterocycles. The zero-order chi connectivity index (χ0) is 15.8. The number of ether oxygens (including phenoxy) is 3. The molecule has 2 aromatic carbocycles. The van der Waals surface area contributed by atoms with E-state index in [-0.39, 0.29) is 0 Å². The van der Waals surface area contributed by atoms with E-state index in [0.717, 1.165) is 17.9 Å². The van der Waals surface area contributed by atoms with E-state index in [4.69, 9.17) is 37.4 Å². The van der Waals surface area contributed by atoms with Crippen LogP contribution in [0.2, 0.25) is 10.0 Å². The maximum atomic E-state index is 6.04. The summed E-state index contributed by atoms with van der Waals surface area (Å²) in [4.78, 5) is 0. The van der Waals surface area contributed by atoms with E-state index in [1.165, 1.54) is 0 Å². The van der Waals surface area contributed by atoms with Crippen LogP contribution in [0.3, 0.4) is 0 Å². The molecule has 0 radical (unpaired) electrons. The zero-order valence-corrected chi connectivity index (χ0v) is 13.9. The molecular weight excluding hydrogens is 323 g/mol. The summed E-state index contributed by atoms with van der Waals surface area (Å²) in [6.45, 7) is 3.60. The van der Waals surface area contributed by atoms with Crippen molar-refractivity contribution < 1.29 is 14.2 Å². The smallest absolute Gasteiger partial charge is 0.161 e. The van der Waals surface area contributed by atoms with Crippen LogP contribution in [0.5, 0.6) is 17.2 Å². The van der Waals surface area contributed by atoms with Gasteiger partial charge in [-0.3, -0.25) is 0 Å². The van der Waals surface area contributed by atoms with Crippen LogP contribution in [0.1, 0.15) is 13.3 Å². The van der Waals surface area contributed by atoms with Gasteiger partial charge >= 0.3 is 0 Å². The summed E-state index contributed by atoms with van der Waals surface area (Å²) in [5.41, 5.74) is 0. The number of hydrogen-bond donors (Lipinski definition) is 0. The van der Waals surface area contributed by atoms with Crippen molar-refractivity contribution in [2.75, 3.05) is 19.8 Å². The first-order valence-electron chi connectivity index (χ1n) is 7.13. The van der Waals surface area contributed by atoms with Crippen molar-refractivity contribution in [3.8, 4) is 17.2 Å². The Morgan fingerprint density at radius 1 is 0.818 bits per heavy atom. The second kappa shape index (κ2) is 8.76.